The van der Waals surface area contributed by atoms with Gasteiger partial charge in [-0.25, -0.2) is 10.4 Å². The van der Waals surface area contributed by atoms with E-state index in [-0.39, 0.29) is 11.7 Å². The molecule has 0 fully saturated rings. The van der Waals surface area contributed by atoms with Gasteiger partial charge in [0, 0.05) is 5.02 Å². The van der Waals surface area contributed by atoms with E-state index in [0.717, 1.165) is 27.3 Å². The summed E-state index contributed by atoms with van der Waals surface area (Å²) >= 11 is 7.75. The number of halogens is 1. The van der Waals surface area contributed by atoms with Crippen molar-refractivity contribution in [1.82, 2.24) is 15.0 Å². The van der Waals surface area contributed by atoms with Crippen molar-refractivity contribution < 1.29 is 4.79 Å². The molecule has 1 N–H and O–H groups in total. The van der Waals surface area contributed by atoms with E-state index in [0.29, 0.717) is 11.6 Å². The van der Waals surface area contributed by atoms with Crippen molar-refractivity contribution in [2.24, 2.45) is 5.10 Å². The molecule has 1 heterocycles. The topological polar surface area (TPSA) is 59.3 Å². The van der Waals surface area contributed by atoms with E-state index < -0.39 is 0 Å². The third-order valence-corrected chi connectivity index (χ3v) is 6.06. The fourth-order valence-corrected chi connectivity index (χ4v) is 4.11. The quantitative estimate of drug-likeness (QED) is 0.237. The summed E-state index contributed by atoms with van der Waals surface area (Å²) in [6, 6.07) is 23.6. The molecule has 0 aliphatic heterocycles. The van der Waals surface area contributed by atoms with Crippen LogP contribution in [-0.2, 0) is 11.3 Å². The van der Waals surface area contributed by atoms with Crippen LogP contribution in [0.5, 0.6) is 0 Å². The van der Waals surface area contributed by atoms with E-state index in [1.807, 2.05) is 79.7 Å². The minimum absolute atomic E-state index is 0.190. The minimum Gasteiger partial charge on any atom is -0.314 e. The van der Waals surface area contributed by atoms with Crippen LogP contribution in [0, 0.1) is 6.92 Å². The number of carbonyl (C=O) groups excluding carboxylic acids is 1. The second kappa shape index (κ2) is 9.81. The highest BCUT2D eigenvalue weighted by atomic mass is 35.5. The first-order valence-corrected chi connectivity index (χ1v) is 11.2. The molecule has 0 saturated carbocycles. The summed E-state index contributed by atoms with van der Waals surface area (Å²) in [7, 11) is 0. The first-order chi connectivity index (χ1) is 15.1. The SMILES string of the molecule is Cc1ccc(C=NNC(=O)CSc2nc3ccccc3n2Cc2ccccc2Cl)cc1. The third kappa shape index (κ3) is 5.34. The van der Waals surface area contributed by atoms with Gasteiger partial charge in [-0.15, -0.1) is 0 Å². The van der Waals surface area contributed by atoms with Crippen LogP contribution < -0.4 is 5.43 Å². The maximum absolute atomic E-state index is 12.3. The summed E-state index contributed by atoms with van der Waals surface area (Å²) in [4.78, 5) is 17.0. The maximum Gasteiger partial charge on any atom is 0.250 e. The first-order valence-electron chi connectivity index (χ1n) is 9.80. The van der Waals surface area contributed by atoms with Crippen LogP contribution >= 0.6 is 23.4 Å². The number of benzene rings is 3. The lowest BCUT2D eigenvalue weighted by Gasteiger charge is -2.10. The zero-order chi connectivity index (χ0) is 21.6. The number of carbonyl (C=O) groups is 1. The average Bonchev–Trinajstić information content (AvgIpc) is 3.13. The van der Waals surface area contributed by atoms with Crippen LogP contribution in [0.3, 0.4) is 0 Å². The molecule has 156 valence electrons. The molecule has 0 aliphatic rings. The lowest BCUT2D eigenvalue weighted by Crippen LogP contribution is -2.20. The van der Waals surface area contributed by atoms with E-state index >= 15 is 0 Å². The van der Waals surface area contributed by atoms with Crippen molar-refractivity contribution in [1.29, 1.82) is 0 Å². The van der Waals surface area contributed by atoms with Crippen molar-refractivity contribution in [3.05, 3.63) is 94.5 Å². The lowest BCUT2D eigenvalue weighted by atomic mass is 10.2. The van der Waals surface area contributed by atoms with Crippen LogP contribution in [0.2, 0.25) is 5.02 Å². The molecule has 5 nitrogen and oxygen atoms in total. The van der Waals surface area contributed by atoms with Gasteiger partial charge < -0.3 is 4.57 Å². The van der Waals surface area contributed by atoms with E-state index in [1.165, 1.54) is 17.3 Å². The fourth-order valence-electron chi connectivity index (χ4n) is 3.11. The molecule has 0 bridgehead atoms. The van der Waals surface area contributed by atoms with Gasteiger partial charge in [-0.3, -0.25) is 4.79 Å². The van der Waals surface area contributed by atoms with Gasteiger partial charge in [0.2, 0.25) is 0 Å². The summed E-state index contributed by atoms with van der Waals surface area (Å²) < 4.78 is 2.09. The Hall–Kier alpha value is -3.09. The van der Waals surface area contributed by atoms with Crippen LogP contribution in [0.15, 0.2) is 83.1 Å². The largest absolute Gasteiger partial charge is 0.314 e. The number of aromatic nitrogens is 2. The molecule has 0 saturated heterocycles. The summed E-state index contributed by atoms with van der Waals surface area (Å²) in [5, 5.41) is 5.52. The molecule has 4 rings (SSSR count). The number of aryl methyl sites for hydroxylation is 1. The number of amides is 1. The molecular formula is C24H21ClN4OS. The van der Waals surface area contributed by atoms with Gasteiger partial charge >= 0.3 is 0 Å². The summed E-state index contributed by atoms with van der Waals surface area (Å²) in [5.41, 5.74) is 7.58. The Morgan fingerprint density at radius 3 is 2.65 bits per heavy atom. The van der Waals surface area contributed by atoms with Crippen LogP contribution in [-0.4, -0.2) is 27.4 Å². The Kier molecular flexibility index (Phi) is 6.70. The van der Waals surface area contributed by atoms with Gasteiger partial charge in [0.1, 0.15) is 0 Å². The van der Waals surface area contributed by atoms with Gasteiger partial charge in [-0.1, -0.05) is 83.5 Å². The molecule has 0 atom stereocenters. The normalized spacial score (nSPS) is 11.3. The number of hydrogen-bond acceptors (Lipinski definition) is 4. The highest BCUT2D eigenvalue weighted by Gasteiger charge is 2.14. The van der Waals surface area contributed by atoms with Gasteiger partial charge in [0.15, 0.2) is 5.16 Å². The molecule has 7 heteroatoms. The zero-order valence-electron chi connectivity index (χ0n) is 17.0. The van der Waals surface area contributed by atoms with E-state index in [1.54, 1.807) is 6.21 Å². The van der Waals surface area contributed by atoms with Crippen molar-refractivity contribution in [3.8, 4) is 0 Å². The summed E-state index contributed by atoms with van der Waals surface area (Å²) in [6.07, 6.45) is 1.63. The number of nitrogens with one attached hydrogen (secondary N) is 1. The smallest absolute Gasteiger partial charge is 0.250 e. The third-order valence-electron chi connectivity index (χ3n) is 4.72. The number of hydrazone groups is 1. The molecule has 3 aromatic carbocycles. The Morgan fingerprint density at radius 1 is 1.10 bits per heavy atom. The van der Waals surface area contributed by atoms with Crippen LogP contribution in [0.25, 0.3) is 11.0 Å². The van der Waals surface area contributed by atoms with E-state index in [9.17, 15) is 4.79 Å². The highest BCUT2D eigenvalue weighted by Crippen LogP contribution is 2.27. The monoisotopic (exact) mass is 448 g/mol. The number of hydrogen-bond donors (Lipinski definition) is 1. The second-order valence-corrected chi connectivity index (χ2v) is 8.40. The molecule has 0 radical (unpaired) electrons. The Labute approximate surface area is 190 Å². The number of fused-ring (bicyclic) bond motifs is 1. The number of thioether (sulfide) groups is 1. The average molecular weight is 449 g/mol. The molecule has 1 aromatic heterocycles. The minimum atomic E-state index is -0.190. The van der Waals surface area contributed by atoms with Crippen molar-refractivity contribution >= 4 is 46.5 Å². The predicted octanol–water partition coefficient (Wildman–Crippen LogP) is 5.29. The van der Waals surface area contributed by atoms with Crippen LogP contribution in [0.4, 0.5) is 0 Å². The summed E-state index contributed by atoms with van der Waals surface area (Å²) in [5.74, 6) is 0.0154. The number of rotatable bonds is 7. The fraction of sp³-hybridized carbons (Fsp3) is 0.125. The molecule has 1 amide bonds. The van der Waals surface area contributed by atoms with Gasteiger partial charge in [0.25, 0.3) is 5.91 Å². The van der Waals surface area contributed by atoms with Crippen molar-refractivity contribution in [3.63, 3.8) is 0 Å². The molecule has 4 aromatic rings. The van der Waals surface area contributed by atoms with Crippen molar-refractivity contribution in [2.45, 2.75) is 18.6 Å². The Bertz CT molecular complexity index is 1230. The van der Waals surface area contributed by atoms with Gasteiger partial charge in [-0.2, -0.15) is 5.10 Å². The number of imidazole rings is 1. The standard InChI is InChI=1S/C24H21ClN4OS/c1-17-10-12-18(13-11-17)14-26-28-23(30)16-31-24-27-21-8-4-5-9-22(21)29(24)15-19-6-2-3-7-20(19)25/h2-14H,15-16H2,1H3,(H,28,30). The second-order valence-electron chi connectivity index (χ2n) is 7.05. The first kappa shape index (κ1) is 21.2. The number of nitrogens with zero attached hydrogens (tertiary/aromatic N) is 3. The Morgan fingerprint density at radius 2 is 1.84 bits per heavy atom. The van der Waals surface area contributed by atoms with Crippen molar-refractivity contribution in [2.75, 3.05) is 5.75 Å². The zero-order valence-corrected chi connectivity index (χ0v) is 18.5. The molecule has 0 unspecified atom stereocenters. The van der Waals surface area contributed by atoms with Gasteiger partial charge in [-0.05, 0) is 36.2 Å². The van der Waals surface area contributed by atoms with E-state index in [2.05, 4.69) is 15.1 Å². The summed E-state index contributed by atoms with van der Waals surface area (Å²) in [6.45, 7) is 2.61. The van der Waals surface area contributed by atoms with E-state index in [4.69, 9.17) is 16.6 Å². The molecule has 31 heavy (non-hydrogen) atoms. The molecular weight excluding hydrogens is 428 g/mol. The van der Waals surface area contributed by atoms with Crippen LogP contribution in [0.1, 0.15) is 16.7 Å². The molecule has 0 spiro atoms. The number of para-hydroxylation sites is 2. The van der Waals surface area contributed by atoms with Gasteiger partial charge in [0.05, 0.1) is 29.5 Å². The maximum atomic E-state index is 12.3. The molecule has 0 aliphatic carbocycles. The Balaban J connectivity index is 1.46. The predicted molar refractivity (Wildman–Crippen MR) is 128 cm³/mol. The lowest BCUT2D eigenvalue weighted by molar-refractivity contribution is -0.118. The highest BCUT2D eigenvalue weighted by molar-refractivity contribution is 7.99.